The summed E-state index contributed by atoms with van der Waals surface area (Å²) in [6.45, 7) is 4.70. The van der Waals surface area contributed by atoms with E-state index in [-0.39, 0.29) is 5.41 Å². The highest BCUT2D eigenvalue weighted by Gasteiger charge is 2.37. The van der Waals surface area contributed by atoms with Crippen molar-refractivity contribution in [3.8, 4) is 61.8 Å². The van der Waals surface area contributed by atoms with Crippen LogP contribution in [-0.4, -0.2) is 14.5 Å². The van der Waals surface area contributed by atoms with Gasteiger partial charge in [-0.15, -0.1) is 0 Å². The van der Waals surface area contributed by atoms with E-state index in [0.717, 1.165) is 33.5 Å². The molecule has 11 aromatic rings. The van der Waals surface area contributed by atoms with Crippen molar-refractivity contribution in [3.63, 3.8) is 0 Å². The second-order valence-corrected chi connectivity index (χ2v) is 16.6. The zero-order valence-corrected chi connectivity index (χ0v) is 33.4. The summed E-state index contributed by atoms with van der Waals surface area (Å²) in [4.78, 5) is 10.6. The van der Waals surface area contributed by atoms with E-state index in [1.165, 1.54) is 77.0 Å². The van der Waals surface area contributed by atoms with E-state index in [1.807, 2.05) is 6.07 Å². The molecular weight excluding hydrogens is 727 g/mol. The molecule has 0 fully saturated rings. The van der Waals surface area contributed by atoms with Crippen molar-refractivity contribution in [1.82, 2.24) is 14.5 Å². The van der Waals surface area contributed by atoms with Crippen molar-refractivity contribution in [2.24, 2.45) is 0 Å². The fourth-order valence-electron chi connectivity index (χ4n) is 9.80. The number of fused-ring (bicyclic) bond motifs is 8. The molecule has 9 aromatic carbocycles. The Balaban J connectivity index is 0.992. The average Bonchev–Trinajstić information content (AvgIpc) is 3.76. The average molecular weight is 766 g/mol. The van der Waals surface area contributed by atoms with Gasteiger partial charge in [-0.05, 0) is 97.9 Å². The molecule has 0 unspecified atom stereocenters. The van der Waals surface area contributed by atoms with Gasteiger partial charge in [0.25, 0.3) is 0 Å². The molecular formula is C57H39N3. The minimum absolute atomic E-state index is 0.149. The van der Waals surface area contributed by atoms with Crippen molar-refractivity contribution in [2.75, 3.05) is 0 Å². The zero-order chi connectivity index (χ0) is 40.0. The number of rotatable bonds is 5. The highest BCUT2D eigenvalue weighted by molar-refractivity contribution is 6.10. The quantitative estimate of drug-likeness (QED) is 0.175. The molecule has 0 amide bonds. The third-order valence-corrected chi connectivity index (χ3v) is 12.8. The van der Waals surface area contributed by atoms with Crippen LogP contribution in [0.4, 0.5) is 0 Å². The maximum atomic E-state index is 5.32. The second-order valence-electron chi connectivity index (χ2n) is 16.6. The molecule has 1 aliphatic rings. The highest BCUT2D eigenvalue weighted by atomic mass is 15.0. The molecule has 0 aliphatic heterocycles. The summed E-state index contributed by atoms with van der Waals surface area (Å²) in [6, 6.07) is 72.5. The summed E-state index contributed by atoms with van der Waals surface area (Å²) in [5.74, 6) is 0.716. The number of benzene rings is 9. The smallest absolute Gasteiger partial charge is 0.160 e. The monoisotopic (exact) mass is 765 g/mol. The SMILES string of the molecule is CC1(C)c2cc3ccccc3cc2-c2c(-c3cc(-c4ccc5cc(-c6ccccc6-n6c7ccccc7c7ccccc76)ccc5c4)nc(-c4ccccc4)n3)cccc21. The predicted molar refractivity (Wildman–Crippen MR) is 251 cm³/mol. The second kappa shape index (κ2) is 13.2. The van der Waals surface area contributed by atoms with Crippen LogP contribution in [0.15, 0.2) is 200 Å². The first kappa shape index (κ1) is 34.4. The molecule has 60 heavy (non-hydrogen) atoms. The third-order valence-electron chi connectivity index (χ3n) is 12.8. The molecule has 12 rings (SSSR count). The minimum atomic E-state index is -0.149. The summed E-state index contributed by atoms with van der Waals surface area (Å²) in [6.07, 6.45) is 0. The van der Waals surface area contributed by atoms with Crippen molar-refractivity contribution >= 4 is 43.4 Å². The van der Waals surface area contributed by atoms with E-state index in [1.54, 1.807) is 0 Å². The number of hydrogen-bond acceptors (Lipinski definition) is 2. The largest absolute Gasteiger partial charge is 0.309 e. The lowest BCUT2D eigenvalue weighted by Gasteiger charge is -2.22. The maximum Gasteiger partial charge on any atom is 0.160 e. The minimum Gasteiger partial charge on any atom is -0.309 e. The van der Waals surface area contributed by atoms with E-state index >= 15 is 0 Å². The van der Waals surface area contributed by atoms with Crippen molar-refractivity contribution in [3.05, 3.63) is 211 Å². The molecule has 0 N–H and O–H groups in total. The lowest BCUT2D eigenvalue weighted by molar-refractivity contribution is 0.661. The van der Waals surface area contributed by atoms with Crippen molar-refractivity contribution in [2.45, 2.75) is 19.3 Å². The van der Waals surface area contributed by atoms with Crippen LogP contribution >= 0.6 is 0 Å². The van der Waals surface area contributed by atoms with E-state index in [9.17, 15) is 0 Å². The summed E-state index contributed by atoms with van der Waals surface area (Å²) in [5.41, 5.74) is 16.0. The van der Waals surface area contributed by atoms with E-state index in [0.29, 0.717) is 5.82 Å². The van der Waals surface area contributed by atoms with Crippen LogP contribution in [0.3, 0.4) is 0 Å². The fourth-order valence-corrected chi connectivity index (χ4v) is 9.80. The summed E-state index contributed by atoms with van der Waals surface area (Å²) in [5, 5.41) is 7.38. The molecule has 2 aromatic heterocycles. The van der Waals surface area contributed by atoms with Gasteiger partial charge in [0.15, 0.2) is 5.82 Å². The Labute approximate surface area is 348 Å². The Morgan fingerprint density at radius 3 is 1.73 bits per heavy atom. The van der Waals surface area contributed by atoms with Crippen molar-refractivity contribution < 1.29 is 0 Å². The Kier molecular flexibility index (Phi) is 7.58. The summed E-state index contributed by atoms with van der Waals surface area (Å²) < 4.78 is 2.41. The number of hydrogen-bond donors (Lipinski definition) is 0. The maximum absolute atomic E-state index is 5.32. The lowest BCUT2D eigenvalue weighted by atomic mass is 9.81. The molecule has 0 bridgehead atoms. The van der Waals surface area contributed by atoms with E-state index in [4.69, 9.17) is 9.97 Å². The van der Waals surface area contributed by atoms with Crippen LogP contribution in [0.1, 0.15) is 25.0 Å². The first-order valence-corrected chi connectivity index (χ1v) is 20.7. The highest BCUT2D eigenvalue weighted by Crippen LogP contribution is 2.53. The number of nitrogens with zero attached hydrogens (tertiary/aromatic N) is 3. The Morgan fingerprint density at radius 1 is 0.383 bits per heavy atom. The standard InChI is InChI=1S/C57H39N3/c1-57(2)48-23-14-22-46(55(48)47-33-37-17-6-7-18-38(37)34-49(47)57)51-35-50(58-56(59-51)36-15-4-3-5-16-36)42-30-28-39-31-41(29-27-40(39)32-42)43-19-8-11-24-52(43)60-53-25-12-9-20-44(53)45-21-10-13-26-54(45)60/h3-35H,1-2H3. The van der Waals surface area contributed by atoms with Gasteiger partial charge in [0.05, 0.1) is 28.1 Å². The molecule has 3 heteroatoms. The van der Waals surface area contributed by atoms with Crippen LogP contribution in [0.25, 0.3) is 105 Å². The predicted octanol–water partition coefficient (Wildman–Crippen LogP) is 14.9. The number of aromatic nitrogens is 3. The Bertz CT molecular complexity index is 3470. The molecule has 3 nitrogen and oxygen atoms in total. The molecule has 0 radical (unpaired) electrons. The molecule has 0 saturated carbocycles. The fraction of sp³-hybridized carbons (Fsp3) is 0.0526. The van der Waals surface area contributed by atoms with Crippen LogP contribution < -0.4 is 0 Å². The Morgan fingerprint density at radius 2 is 0.967 bits per heavy atom. The van der Waals surface area contributed by atoms with Gasteiger partial charge in [0.1, 0.15) is 0 Å². The van der Waals surface area contributed by atoms with Gasteiger partial charge in [-0.1, -0.05) is 166 Å². The van der Waals surface area contributed by atoms with Crippen LogP contribution in [0.5, 0.6) is 0 Å². The molecule has 1 aliphatic carbocycles. The van der Waals surface area contributed by atoms with Crippen molar-refractivity contribution in [1.29, 1.82) is 0 Å². The van der Waals surface area contributed by atoms with E-state index < -0.39 is 0 Å². The first-order valence-electron chi connectivity index (χ1n) is 20.7. The topological polar surface area (TPSA) is 30.7 Å². The van der Waals surface area contributed by atoms with Gasteiger partial charge < -0.3 is 4.57 Å². The van der Waals surface area contributed by atoms with E-state index in [2.05, 4.69) is 213 Å². The number of para-hydroxylation sites is 3. The van der Waals surface area contributed by atoms with Crippen LogP contribution in [0.2, 0.25) is 0 Å². The van der Waals surface area contributed by atoms with Gasteiger partial charge in [0, 0.05) is 38.4 Å². The summed E-state index contributed by atoms with van der Waals surface area (Å²) >= 11 is 0. The Hall–Kier alpha value is -7.62. The van der Waals surface area contributed by atoms with Crippen LogP contribution in [0, 0.1) is 0 Å². The normalized spacial score (nSPS) is 13.0. The zero-order valence-electron chi connectivity index (χ0n) is 33.4. The van der Waals surface area contributed by atoms with Crippen LogP contribution in [-0.2, 0) is 5.41 Å². The molecule has 2 heterocycles. The van der Waals surface area contributed by atoms with Gasteiger partial charge >= 0.3 is 0 Å². The van der Waals surface area contributed by atoms with Gasteiger partial charge in [0.2, 0.25) is 0 Å². The molecule has 282 valence electrons. The summed E-state index contributed by atoms with van der Waals surface area (Å²) in [7, 11) is 0. The van der Waals surface area contributed by atoms with Gasteiger partial charge in [-0.25, -0.2) is 9.97 Å². The van der Waals surface area contributed by atoms with Gasteiger partial charge in [-0.2, -0.15) is 0 Å². The molecule has 0 saturated heterocycles. The molecule has 0 spiro atoms. The third kappa shape index (κ3) is 5.29. The molecule has 0 atom stereocenters. The first-order chi connectivity index (χ1) is 29.5. The lowest BCUT2D eigenvalue weighted by Crippen LogP contribution is -2.14. The van der Waals surface area contributed by atoms with Gasteiger partial charge in [-0.3, -0.25) is 0 Å².